The number of aryl methyl sites for hydroxylation is 1. The summed E-state index contributed by atoms with van der Waals surface area (Å²) < 4.78 is 29.1. The van der Waals surface area contributed by atoms with Crippen LogP contribution in [0.4, 0.5) is 5.69 Å². The maximum Gasteiger partial charge on any atom is 0.264 e. The van der Waals surface area contributed by atoms with Gasteiger partial charge in [0.1, 0.15) is 12.6 Å². The first-order valence-electron chi connectivity index (χ1n) is 14.7. The summed E-state index contributed by atoms with van der Waals surface area (Å²) in [5.41, 5.74) is 3.00. The van der Waals surface area contributed by atoms with Gasteiger partial charge < -0.3 is 10.2 Å². The zero-order valence-corrected chi connectivity index (χ0v) is 26.6. The van der Waals surface area contributed by atoms with E-state index in [9.17, 15) is 18.0 Å². The summed E-state index contributed by atoms with van der Waals surface area (Å²) in [7, 11) is -4.16. The van der Waals surface area contributed by atoms with Gasteiger partial charge in [-0.25, -0.2) is 8.42 Å². The first-order chi connectivity index (χ1) is 21.2. The largest absolute Gasteiger partial charge is 0.354 e. The third kappa shape index (κ3) is 8.49. The molecule has 0 saturated carbocycles. The molecule has 1 N–H and O–H groups in total. The van der Waals surface area contributed by atoms with Crippen LogP contribution in [0.1, 0.15) is 36.5 Å². The summed E-state index contributed by atoms with van der Waals surface area (Å²) in [5, 5.41) is 3.44. The molecule has 4 rings (SSSR count). The summed E-state index contributed by atoms with van der Waals surface area (Å²) in [5.74, 6) is -0.789. The van der Waals surface area contributed by atoms with Crippen LogP contribution in [0.5, 0.6) is 0 Å². The minimum Gasteiger partial charge on any atom is -0.354 e. The van der Waals surface area contributed by atoms with Crippen molar-refractivity contribution < 1.29 is 18.0 Å². The number of sulfonamides is 1. The Balaban J connectivity index is 1.78. The predicted molar refractivity (Wildman–Crippen MR) is 176 cm³/mol. The van der Waals surface area contributed by atoms with E-state index in [1.54, 1.807) is 42.5 Å². The van der Waals surface area contributed by atoms with Crippen LogP contribution >= 0.6 is 11.6 Å². The molecule has 0 fully saturated rings. The number of halogens is 1. The van der Waals surface area contributed by atoms with E-state index in [-0.39, 0.29) is 29.5 Å². The number of hydrogen-bond acceptors (Lipinski definition) is 4. The highest BCUT2D eigenvalue weighted by atomic mass is 35.5. The summed E-state index contributed by atoms with van der Waals surface area (Å²) in [6.07, 6.45) is 1.97. The maximum atomic E-state index is 14.5. The summed E-state index contributed by atoms with van der Waals surface area (Å²) in [6.45, 7) is 4.08. The number of carbonyl (C=O) groups is 2. The second kappa shape index (κ2) is 15.5. The predicted octanol–water partition coefficient (Wildman–Crippen LogP) is 6.40. The van der Waals surface area contributed by atoms with Gasteiger partial charge in [-0.15, -0.1) is 0 Å². The third-order valence-corrected chi connectivity index (χ3v) is 9.47. The Morgan fingerprint density at radius 2 is 1.45 bits per heavy atom. The van der Waals surface area contributed by atoms with Crippen molar-refractivity contribution in [3.63, 3.8) is 0 Å². The number of rotatable bonds is 14. The van der Waals surface area contributed by atoms with Gasteiger partial charge in [-0.3, -0.25) is 13.9 Å². The van der Waals surface area contributed by atoms with Gasteiger partial charge in [-0.2, -0.15) is 0 Å². The van der Waals surface area contributed by atoms with Crippen LogP contribution in [0.25, 0.3) is 0 Å². The standard InChI is InChI=1S/C35H38ClN3O4S/c1-3-4-23-37-35(41)33(24-28-14-7-5-8-15-28)38(25-29-16-12-11-13-27(29)2)34(40)26-39(31-21-19-30(36)20-22-31)44(42,43)32-17-9-6-10-18-32/h5-22,33H,3-4,23-26H2,1-2H3,(H,37,41)/t33-/m0/s1. The van der Waals surface area contributed by atoms with E-state index in [4.69, 9.17) is 11.6 Å². The molecule has 1 atom stereocenters. The van der Waals surface area contributed by atoms with Crippen molar-refractivity contribution in [1.29, 1.82) is 0 Å². The SMILES string of the molecule is CCCCNC(=O)[C@H](Cc1ccccc1)N(Cc1ccccc1C)C(=O)CN(c1ccc(Cl)cc1)S(=O)(=O)c1ccccc1. The van der Waals surface area contributed by atoms with Gasteiger partial charge in [-0.05, 0) is 66.4 Å². The fourth-order valence-corrected chi connectivity index (χ4v) is 6.45. The number of unbranched alkanes of at least 4 members (excludes halogenated alkanes) is 1. The van der Waals surface area contributed by atoms with Crippen molar-refractivity contribution >= 4 is 39.1 Å². The molecule has 0 unspecified atom stereocenters. The van der Waals surface area contributed by atoms with Crippen molar-refractivity contribution in [1.82, 2.24) is 10.2 Å². The van der Waals surface area contributed by atoms with Gasteiger partial charge in [-0.1, -0.05) is 97.7 Å². The highest BCUT2D eigenvalue weighted by Gasteiger charge is 2.34. The quantitative estimate of drug-likeness (QED) is 0.163. The van der Waals surface area contributed by atoms with Gasteiger partial charge in [0.15, 0.2) is 0 Å². The fourth-order valence-electron chi connectivity index (χ4n) is 4.89. The molecule has 0 aliphatic carbocycles. The van der Waals surface area contributed by atoms with Crippen LogP contribution in [-0.2, 0) is 32.6 Å². The lowest BCUT2D eigenvalue weighted by Crippen LogP contribution is -2.53. The van der Waals surface area contributed by atoms with Gasteiger partial charge in [0.05, 0.1) is 10.6 Å². The van der Waals surface area contributed by atoms with Crippen LogP contribution in [0.3, 0.4) is 0 Å². The molecule has 7 nitrogen and oxygen atoms in total. The molecule has 4 aromatic carbocycles. The molecule has 0 spiro atoms. The van der Waals surface area contributed by atoms with E-state index in [0.29, 0.717) is 11.6 Å². The Morgan fingerprint density at radius 3 is 2.09 bits per heavy atom. The normalized spacial score (nSPS) is 11.9. The number of nitrogens with one attached hydrogen (secondary N) is 1. The van der Waals surface area contributed by atoms with E-state index in [1.165, 1.54) is 17.0 Å². The molecule has 44 heavy (non-hydrogen) atoms. The van der Waals surface area contributed by atoms with E-state index in [0.717, 1.165) is 33.8 Å². The molecule has 0 aromatic heterocycles. The zero-order chi connectivity index (χ0) is 31.5. The van der Waals surface area contributed by atoms with E-state index >= 15 is 0 Å². The lowest BCUT2D eigenvalue weighted by atomic mass is 10.0. The van der Waals surface area contributed by atoms with Crippen LogP contribution in [0.2, 0.25) is 5.02 Å². The molecule has 0 heterocycles. The van der Waals surface area contributed by atoms with Crippen LogP contribution in [-0.4, -0.2) is 44.3 Å². The first kappa shape index (κ1) is 32.8. The Kier molecular flexibility index (Phi) is 11.6. The topological polar surface area (TPSA) is 86.8 Å². The van der Waals surface area contributed by atoms with Crippen molar-refractivity contribution in [2.45, 2.75) is 50.6 Å². The molecular weight excluding hydrogens is 594 g/mol. The fraction of sp³-hybridized carbons (Fsp3) is 0.257. The molecular formula is C35H38ClN3O4S. The minimum atomic E-state index is -4.16. The second-order valence-corrected chi connectivity index (χ2v) is 12.9. The van der Waals surface area contributed by atoms with Crippen LogP contribution in [0.15, 0.2) is 114 Å². The highest BCUT2D eigenvalue weighted by Crippen LogP contribution is 2.26. The Hall–Kier alpha value is -4.14. The van der Waals surface area contributed by atoms with Crippen LogP contribution < -0.4 is 9.62 Å². The highest BCUT2D eigenvalue weighted by molar-refractivity contribution is 7.92. The van der Waals surface area contributed by atoms with E-state index in [1.807, 2.05) is 68.4 Å². The Labute approximate surface area is 265 Å². The summed E-state index contributed by atoms with van der Waals surface area (Å²) in [6, 6.07) is 30.6. The molecule has 0 bridgehead atoms. The molecule has 0 aliphatic rings. The van der Waals surface area contributed by atoms with Crippen molar-refractivity contribution in [2.24, 2.45) is 0 Å². The smallest absolute Gasteiger partial charge is 0.264 e. The molecule has 230 valence electrons. The lowest BCUT2D eigenvalue weighted by Gasteiger charge is -2.34. The molecule has 4 aromatic rings. The summed E-state index contributed by atoms with van der Waals surface area (Å²) in [4.78, 5) is 29.8. The number of carbonyl (C=O) groups excluding carboxylic acids is 2. The number of nitrogens with zero attached hydrogens (tertiary/aromatic N) is 2. The van der Waals surface area contributed by atoms with Gasteiger partial charge in [0.25, 0.3) is 10.0 Å². The minimum absolute atomic E-state index is 0.0475. The zero-order valence-electron chi connectivity index (χ0n) is 25.0. The average Bonchev–Trinajstić information content (AvgIpc) is 3.03. The molecule has 0 aliphatic heterocycles. The third-order valence-electron chi connectivity index (χ3n) is 7.43. The molecule has 2 amide bonds. The maximum absolute atomic E-state index is 14.5. The van der Waals surface area contributed by atoms with E-state index < -0.39 is 28.5 Å². The van der Waals surface area contributed by atoms with Crippen molar-refractivity contribution in [2.75, 3.05) is 17.4 Å². The number of benzene rings is 4. The van der Waals surface area contributed by atoms with Crippen LogP contribution in [0, 0.1) is 6.92 Å². The molecule has 0 radical (unpaired) electrons. The second-order valence-electron chi connectivity index (χ2n) is 10.6. The monoisotopic (exact) mass is 631 g/mol. The van der Waals surface area contributed by atoms with Crippen molar-refractivity contribution in [3.8, 4) is 0 Å². The molecule has 9 heteroatoms. The molecule has 0 saturated heterocycles. The number of amides is 2. The van der Waals surface area contributed by atoms with Crippen molar-refractivity contribution in [3.05, 3.63) is 131 Å². The van der Waals surface area contributed by atoms with Gasteiger partial charge in [0, 0.05) is 24.5 Å². The lowest BCUT2D eigenvalue weighted by molar-refractivity contribution is -0.140. The average molecular weight is 632 g/mol. The Morgan fingerprint density at radius 1 is 0.841 bits per heavy atom. The number of hydrogen-bond donors (Lipinski definition) is 1. The van der Waals surface area contributed by atoms with Gasteiger partial charge >= 0.3 is 0 Å². The first-order valence-corrected chi connectivity index (χ1v) is 16.5. The Bertz CT molecular complexity index is 1630. The number of anilines is 1. The summed E-state index contributed by atoms with van der Waals surface area (Å²) >= 11 is 6.13. The van der Waals surface area contributed by atoms with E-state index in [2.05, 4.69) is 5.32 Å². The van der Waals surface area contributed by atoms with Gasteiger partial charge in [0.2, 0.25) is 11.8 Å².